The van der Waals surface area contributed by atoms with Crippen LogP contribution >= 0.6 is 0 Å². The van der Waals surface area contributed by atoms with E-state index in [9.17, 15) is 8.42 Å². The Hall–Kier alpha value is -1.66. The molecule has 0 fully saturated rings. The van der Waals surface area contributed by atoms with Gasteiger partial charge in [0.15, 0.2) is 5.03 Å². The minimum absolute atomic E-state index is 0.159. The number of H-pyrrole nitrogens is 1. The molecule has 1 aromatic heterocycles. The molecule has 0 aliphatic rings. The molecule has 0 aliphatic heterocycles. The van der Waals surface area contributed by atoms with Crippen molar-refractivity contribution < 1.29 is 8.42 Å². The van der Waals surface area contributed by atoms with Gasteiger partial charge >= 0.3 is 0 Å². The third kappa shape index (κ3) is 3.08. The number of aromatic amines is 1. The van der Waals surface area contributed by atoms with E-state index in [0.29, 0.717) is 25.3 Å². The van der Waals surface area contributed by atoms with Crippen molar-refractivity contribution in [3.63, 3.8) is 0 Å². The summed E-state index contributed by atoms with van der Waals surface area (Å²) in [6, 6.07) is 9.56. The van der Waals surface area contributed by atoms with Crippen molar-refractivity contribution in [3.8, 4) is 0 Å². The van der Waals surface area contributed by atoms with Gasteiger partial charge in [-0.05, 0) is 5.56 Å². The van der Waals surface area contributed by atoms with Crippen molar-refractivity contribution in [1.82, 2.24) is 14.3 Å². The van der Waals surface area contributed by atoms with Gasteiger partial charge in [0, 0.05) is 19.5 Å². The summed E-state index contributed by atoms with van der Waals surface area (Å²) in [5.74, 6) is 0.680. The number of aromatic nitrogens is 2. The van der Waals surface area contributed by atoms with E-state index in [0.717, 1.165) is 5.56 Å². The fraction of sp³-hybridized carbons (Fsp3) is 0.357. The molecule has 108 valence electrons. The summed E-state index contributed by atoms with van der Waals surface area (Å²) in [4.78, 5) is 6.93. The summed E-state index contributed by atoms with van der Waals surface area (Å²) < 4.78 is 26.5. The van der Waals surface area contributed by atoms with Crippen LogP contribution < -0.4 is 0 Å². The maximum atomic E-state index is 12.6. The molecule has 1 aromatic carbocycles. The molecule has 0 saturated heterocycles. The molecule has 0 aliphatic carbocycles. The van der Waals surface area contributed by atoms with E-state index in [4.69, 9.17) is 0 Å². The van der Waals surface area contributed by atoms with E-state index in [1.807, 2.05) is 44.2 Å². The fourth-order valence-corrected chi connectivity index (χ4v) is 3.32. The minimum atomic E-state index is -3.52. The van der Waals surface area contributed by atoms with Crippen LogP contribution in [0.4, 0.5) is 0 Å². The zero-order valence-electron chi connectivity index (χ0n) is 11.7. The summed E-state index contributed by atoms with van der Waals surface area (Å²) in [5.41, 5.74) is 0.966. The predicted octanol–water partition coefficient (Wildman–Crippen LogP) is 2.18. The highest BCUT2D eigenvalue weighted by molar-refractivity contribution is 7.89. The summed E-state index contributed by atoms with van der Waals surface area (Å²) >= 11 is 0. The van der Waals surface area contributed by atoms with Gasteiger partial charge in [-0.25, -0.2) is 13.4 Å². The first-order valence-corrected chi connectivity index (χ1v) is 8.10. The summed E-state index contributed by atoms with van der Waals surface area (Å²) in [6.07, 6.45) is 2.07. The molecule has 6 heteroatoms. The molecule has 0 amide bonds. The van der Waals surface area contributed by atoms with E-state index >= 15 is 0 Å². The lowest BCUT2D eigenvalue weighted by Gasteiger charge is -2.19. The largest absolute Gasteiger partial charge is 0.332 e. The third-order valence-electron chi connectivity index (χ3n) is 3.11. The van der Waals surface area contributed by atoms with Crippen LogP contribution in [0.25, 0.3) is 0 Å². The van der Waals surface area contributed by atoms with Gasteiger partial charge in [0.05, 0.1) is 6.20 Å². The summed E-state index contributed by atoms with van der Waals surface area (Å²) in [6.45, 7) is 4.53. The van der Waals surface area contributed by atoms with Crippen molar-refractivity contribution >= 4 is 10.0 Å². The number of nitrogens with one attached hydrogen (secondary N) is 1. The average Bonchev–Trinajstić information content (AvgIpc) is 2.95. The van der Waals surface area contributed by atoms with E-state index in [-0.39, 0.29) is 5.03 Å². The highest BCUT2D eigenvalue weighted by atomic mass is 32.2. The maximum Gasteiger partial charge on any atom is 0.260 e. The molecule has 2 aromatic rings. The number of nitrogens with zero attached hydrogens (tertiary/aromatic N) is 2. The molecule has 2 rings (SSSR count). The topological polar surface area (TPSA) is 66.1 Å². The first kappa shape index (κ1) is 14.7. The van der Waals surface area contributed by atoms with Gasteiger partial charge in [-0.15, -0.1) is 0 Å². The maximum absolute atomic E-state index is 12.6. The Morgan fingerprint density at radius 2 is 1.90 bits per heavy atom. The zero-order valence-corrected chi connectivity index (χ0v) is 12.5. The number of hydrogen-bond acceptors (Lipinski definition) is 3. The van der Waals surface area contributed by atoms with Crippen LogP contribution in [0.3, 0.4) is 0 Å². The molecule has 1 N–H and O–H groups in total. The van der Waals surface area contributed by atoms with Crippen LogP contribution in [0.2, 0.25) is 0 Å². The number of rotatable bonds is 6. The predicted molar refractivity (Wildman–Crippen MR) is 77.7 cm³/mol. The van der Waals surface area contributed by atoms with Crippen LogP contribution in [0.5, 0.6) is 0 Å². The smallest absolute Gasteiger partial charge is 0.260 e. The zero-order chi connectivity index (χ0) is 14.6. The molecule has 5 nitrogen and oxygen atoms in total. The second-order valence-corrected chi connectivity index (χ2v) is 6.37. The molecule has 0 spiro atoms. The second-order valence-electron chi connectivity index (χ2n) is 4.46. The van der Waals surface area contributed by atoms with Crippen molar-refractivity contribution in [2.75, 3.05) is 6.54 Å². The molecule has 20 heavy (non-hydrogen) atoms. The molecule has 0 unspecified atom stereocenters. The van der Waals surface area contributed by atoms with Crippen molar-refractivity contribution in [2.45, 2.75) is 31.8 Å². The number of benzene rings is 1. The SMILES string of the molecule is CCc1ncc(S(=O)(=O)N(CC)Cc2ccccc2)[nH]1. The monoisotopic (exact) mass is 293 g/mol. The Labute approximate surface area is 119 Å². The van der Waals surface area contributed by atoms with E-state index in [2.05, 4.69) is 9.97 Å². The summed E-state index contributed by atoms with van der Waals surface area (Å²) in [5, 5.41) is 0.159. The normalized spacial score (nSPS) is 11.9. The van der Waals surface area contributed by atoms with Crippen LogP contribution in [0, 0.1) is 0 Å². The summed E-state index contributed by atoms with van der Waals surface area (Å²) in [7, 11) is -3.52. The lowest BCUT2D eigenvalue weighted by Crippen LogP contribution is -2.30. The average molecular weight is 293 g/mol. The van der Waals surface area contributed by atoms with Crippen LogP contribution in [-0.4, -0.2) is 29.2 Å². The molecular formula is C14H19N3O2S. The van der Waals surface area contributed by atoms with Crippen LogP contribution in [-0.2, 0) is 23.0 Å². The Morgan fingerprint density at radius 3 is 2.45 bits per heavy atom. The van der Waals surface area contributed by atoms with Gasteiger partial charge in [0.25, 0.3) is 10.0 Å². The first-order chi connectivity index (χ1) is 9.57. The molecule has 0 radical (unpaired) electrons. The highest BCUT2D eigenvalue weighted by Crippen LogP contribution is 2.16. The lowest BCUT2D eigenvalue weighted by molar-refractivity contribution is 0.421. The highest BCUT2D eigenvalue weighted by Gasteiger charge is 2.25. The van der Waals surface area contributed by atoms with Crippen LogP contribution in [0.1, 0.15) is 25.2 Å². The minimum Gasteiger partial charge on any atom is -0.332 e. The number of sulfonamides is 1. The molecule has 0 bridgehead atoms. The number of imidazole rings is 1. The Balaban J connectivity index is 2.25. The molecule has 0 saturated carbocycles. The lowest BCUT2D eigenvalue weighted by atomic mass is 10.2. The van der Waals surface area contributed by atoms with Gasteiger partial charge in [-0.3, -0.25) is 0 Å². The molecular weight excluding hydrogens is 274 g/mol. The number of aryl methyl sites for hydroxylation is 1. The quantitative estimate of drug-likeness (QED) is 0.887. The fourth-order valence-electron chi connectivity index (χ4n) is 1.95. The van der Waals surface area contributed by atoms with Crippen molar-refractivity contribution in [1.29, 1.82) is 0 Å². The van der Waals surface area contributed by atoms with Gasteiger partial charge in [-0.2, -0.15) is 4.31 Å². The Kier molecular flexibility index (Phi) is 4.57. The third-order valence-corrected chi connectivity index (χ3v) is 4.94. The molecule has 1 heterocycles. The Morgan fingerprint density at radius 1 is 1.20 bits per heavy atom. The van der Waals surface area contributed by atoms with E-state index in [1.54, 1.807) is 0 Å². The molecule has 0 atom stereocenters. The standard InChI is InChI=1S/C14H19N3O2S/c1-3-13-15-10-14(16-13)20(18,19)17(4-2)11-12-8-6-5-7-9-12/h5-10H,3-4,11H2,1-2H3,(H,15,16). The second kappa shape index (κ2) is 6.19. The Bertz CT molecular complexity index is 650. The van der Waals surface area contributed by atoms with Crippen molar-refractivity contribution in [3.05, 3.63) is 47.9 Å². The first-order valence-electron chi connectivity index (χ1n) is 6.65. The van der Waals surface area contributed by atoms with Gasteiger partial charge in [0.1, 0.15) is 5.82 Å². The number of hydrogen-bond donors (Lipinski definition) is 1. The van der Waals surface area contributed by atoms with Crippen LogP contribution in [0.15, 0.2) is 41.6 Å². The van der Waals surface area contributed by atoms with E-state index in [1.165, 1.54) is 10.5 Å². The van der Waals surface area contributed by atoms with Gasteiger partial charge in [-0.1, -0.05) is 44.2 Å². The van der Waals surface area contributed by atoms with Crippen molar-refractivity contribution in [2.24, 2.45) is 0 Å². The van der Waals surface area contributed by atoms with Gasteiger partial charge < -0.3 is 4.98 Å². The van der Waals surface area contributed by atoms with E-state index < -0.39 is 10.0 Å². The van der Waals surface area contributed by atoms with Gasteiger partial charge in [0.2, 0.25) is 0 Å².